The van der Waals surface area contributed by atoms with Crippen LogP contribution in [0.3, 0.4) is 0 Å². The van der Waals surface area contributed by atoms with Gasteiger partial charge < -0.3 is 5.32 Å². The number of nitrogens with zero attached hydrogens (tertiary/aromatic N) is 1. The largest absolute Gasteiger partial charge is 0.315 e. The number of rotatable bonds is 4. The summed E-state index contributed by atoms with van der Waals surface area (Å²) in [6, 6.07) is 1.82. The minimum Gasteiger partial charge on any atom is -0.315 e. The van der Waals surface area contributed by atoms with E-state index in [0.29, 0.717) is 23.9 Å². The molecule has 0 bridgehead atoms. The van der Waals surface area contributed by atoms with Gasteiger partial charge >= 0.3 is 0 Å². The van der Waals surface area contributed by atoms with E-state index < -0.39 is 10.0 Å². The van der Waals surface area contributed by atoms with Gasteiger partial charge in [-0.2, -0.15) is 4.31 Å². The van der Waals surface area contributed by atoms with Crippen LogP contribution in [0.5, 0.6) is 0 Å². The van der Waals surface area contributed by atoms with Gasteiger partial charge in [-0.3, -0.25) is 0 Å². The maximum atomic E-state index is 12.6. The lowest BCUT2D eigenvalue weighted by atomic mass is 10.0. The summed E-state index contributed by atoms with van der Waals surface area (Å²) in [5, 5.41) is 3.06. The van der Waals surface area contributed by atoms with E-state index in [0.717, 1.165) is 29.1 Å². The second kappa shape index (κ2) is 5.91. The van der Waals surface area contributed by atoms with Crippen LogP contribution in [-0.4, -0.2) is 32.9 Å². The quantitative estimate of drug-likeness (QED) is 0.927. The molecule has 0 unspecified atom stereocenters. The highest BCUT2D eigenvalue weighted by Crippen LogP contribution is 2.30. The number of sulfonamides is 1. The third-order valence-corrected chi connectivity index (χ3v) is 6.84. The van der Waals surface area contributed by atoms with Gasteiger partial charge in [0.2, 0.25) is 10.0 Å². The van der Waals surface area contributed by atoms with Crippen LogP contribution in [0.2, 0.25) is 0 Å². The lowest BCUT2D eigenvalue weighted by molar-refractivity contribution is 0.288. The SMILES string of the molecule is CNCc1cc(S(=O)(=O)N2CCC(C)CC2)c(C)s1. The predicted molar refractivity (Wildman–Crippen MR) is 79.0 cm³/mol. The van der Waals surface area contributed by atoms with E-state index in [4.69, 9.17) is 0 Å². The highest BCUT2D eigenvalue weighted by Gasteiger charge is 2.30. The van der Waals surface area contributed by atoms with Crippen molar-refractivity contribution >= 4 is 21.4 Å². The summed E-state index contributed by atoms with van der Waals surface area (Å²) in [5.74, 6) is 0.634. The Morgan fingerprint density at radius 1 is 1.42 bits per heavy atom. The average molecular weight is 302 g/mol. The molecular weight excluding hydrogens is 280 g/mol. The molecule has 1 aromatic rings. The number of aryl methyl sites for hydroxylation is 1. The molecule has 0 atom stereocenters. The van der Waals surface area contributed by atoms with Crippen LogP contribution in [0.4, 0.5) is 0 Å². The van der Waals surface area contributed by atoms with Gasteiger partial charge in [0.25, 0.3) is 0 Å². The molecule has 0 aromatic carbocycles. The molecule has 0 saturated carbocycles. The van der Waals surface area contributed by atoms with Crippen molar-refractivity contribution in [3.05, 3.63) is 15.8 Å². The molecule has 4 nitrogen and oxygen atoms in total. The van der Waals surface area contributed by atoms with Crippen LogP contribution in [0.15, 0.2) is 11.0 Å². The molecule has 1 N–H and O–H groups in total. The summed E-state index contributed by atoms with van der Waals surface area (Å²) in [5.41, 5.74) is 0. The van der Waals surface area contributed by atoms with Gasteiger partial charge in [-0.15, -0.1) is 11.3 Å². The van der Waals surface area contributed by atoms with Crippen LogP contribution in [0.25, 0.3) is 0 Å². The van der Waals surface area contributed by atoms with Gasteiger partial charge in [0.1, 0.15) is 0 Å². The maximum absolute atomic E-state index is 12.6. The van der Waals surface area contributed by atoms with E-state index in [1.807, 2.05) is 20.0 Å². The molecule has 0 radical (unpaired) electrons. The first kappa shape index (κ1) is 15.0. The van der Waals surface area contributed by atoms with Crippen LogP contribution in [0.1, 0.15) is 29.5 Å². The highest BCUT2D eigenvalue weighted by molar-refractivity contribution is 7.89. The fourth-order valence-electron chi connectivity index (χ4n) is 2.41. The van der Waals surface area contributed by atoms with E-state index >= 15 is 0 Å². The Kier molecular flexibility index (Phi) is 4.66. The summed E-state index contributed by atoms with van der Waals surface area (Å²) in [6.07, 6.45) is 1.93. The Balaban J connectivity index is 2.24. The molecule has 0 aliphatic carbocycles. The Morgan fingerprint density at radius 3 is 2.63 bits per heavy atom. The molecule has 0 spiro atoms. The molecule has 1 saturated heterocycles. The summed E-state index contributed by atoms with van der Waals surface area (Å²) >= 11 is 1.56. The highest BCUT2D eigenvalue weighted by atomic mass is 32.2. The lowest BCUT2D eigenvalue weighted by Crippen LogP contribution is -2.37. The topological polar surface area (TPSA) is 49.4 Å². The minimum atomic E-state index is -3.30. The van der Waals surface area contributed by atoms with Crippen molar-refractivity contribution in [1.82, 2.24) is 9.62 Å². The second-order valence-electron chi connectivity index (χ2n) is 5.25. The fraction of sp³-hybridized carbons (Fsp3) is 0.692. The van der Waals surface area contributed by atoms with E-state index in [9.17, 15) is 8.42 Å². The Morgan fingerprint density at radius 2 is 2.05 bits per heavy atom. The Labute approximate surface area is 119 Å². The van der Waals surface area contributed by atoms with E-state index in [2.05, 4.69) is 12.2 Å². The van der Waals surface area contributed by atoms with Crippen molar-refractivity contribution in [2.24, 2.45) is 5.92 Å². The smallest absolute Gasteiger partial charge is 0.244 e. The molecule has 19 heavy (non-hydrogen) atoms. The Hall–Kier alpha value is -0.430. The first-order chi connectivity index (χ1) is 8.95. The van der Waals surface area contributed by atoms with Gasteiger partial charge in [0.15, 0.2) is 0 Å². The molecule has 108 valence electrons. The van der Waals surface area contributed by atoms with E-state index in [1.165, 1.54) is 0 Å². The minimum absolute atomic E-state index is 0.498. The van der Waals surface area contributed by atoms with E-state index in [-0.39, 0.29) is 0 Å². The van der Waals surface area contributed by atoms with Crippen molar-refractivity contribution in [3.63, 3.8) is 0 Å². The standard InChI is InChI=1S/C13H22N2O2S2/c1-10-4-6-15(7-5-10)19(16,17)13-8-12(9-14-3)18-11(13)2/h8,10,14H,4-7,9H2,1-3H3. The molecule has 1 aliphatic rings. The third-order valence-electron chi connectivity index (χ3n) is 3.63. The zero-order chi connectivity index (χ0) is 14.0. The molecule has 0 amide bonds. The zero-order valence-electron chi connectivity index (χ0n) is 11.8. The maximum Gasteiger partial charge on any atom is 0.244 e. The van der Waals surface area contributed by atoms with Crippen molar-refractivity contribution < 1.29 is 8.42 Å². The summed E-state index contributed by atoms with van der Waals surface area (Å²) in [4.78, 5) is 2.46. The van der Waals surface area contributed by atoms with Gasteiger partial charge in [0, 0.05) is 29.4 Å². The molecular formula is C13H22N2O2S2. The van der Waals surface area contributed by atoms with E-state index in [1.54, 1.807) is 15.6 Å². The normalized spacial score (nSPS) is 18.9. The summed E-state index contributed by atoms with van der Waals surface area (Å²) in [7, 11) is -1.43. The lowest BCUT2D eigenvalue weighted by Gasteiger charge is -2.29. The van der Waals surface area contributed by atoms with Crippen LogP contribution in [-0.2, 0) is 16.6 Å². The first-order valence-electron chi connectivity index (χ1n) is 6.69. The van der Waals surface area contributed by atoms with Crippen molar-refractivity contribution in [3.8, 4) is 0 Å². The van der Waals surface area contributed by atoms with Crippen molar-refractivity contribution in [2.45, 2.75) is 38.1 Å². The molecule has 2 heterocycles. The summed E-state index contributed by atoms with van der Waals surface area (Å²) < 4.78 is 26.9. The van der Waals surface area contributed by atoms with Crippen LogP contribution >= 0.6 is 11.3 Å². The van der Waals surface area contributed by atoms with Gasteiger partial charge in [-0.25, -0.2) is 8.42 Å². The first-order valence-corrected chi connectivity index (χ1v) is 8.95. The molecule has 1 aliphatic heterocycles. The summed E-state index contributed by atoms with van der Waals surface area (Å²) in [6.45, 7) is 6.10. The molecule has 2 rings (SSSR count). The number of hydrogen-bond donors (Lipinski definition) is 1. The van der Waals surface area contributed by atoms with Crippen molar-refractivity contribution in [2.75, 3.05) is 20.1 Å². The zero-order valence-corrected chi connectivity index (χ0v) is 13.4. The molecule has 1 fully saturated rings. The molecule has 6 heteroatoms. The van der Waals surface area contributed by atoms with Crippen molar-refractivity contribution in [1.29, 1.82) is 0 Å². The third kappa shape index (κ3) is 3.18. The number of thiophene rings is 1. The Bertz CT molecular complexity index is 529. The van der Waals surface area contributed by atoms with Crippen LogP contribution < -0.4 is 5.32 Å². The number of piperidine rings is 1. The average Bonchev–Trinajstić information content (AvgIpc) is 2.72. The number of hydrogen-bond acceptors (Lipinski definition) is 4. The van der Waals surface area contributed by atoms with Gasteiger partial charge in [-0.1, -0.05) is 6.92 Å². The fourth-order valence-corrected chi connectivity index (χ4v) is 5.49. The second-order valence-corrected chi connectivity index (χ2v) is 8.50. The predicted octanol–water partition coefficient (Wildman–Crippen LogP) is 2.20. The van der Waals surface area contributed by atoms with Crippen LogP contribution in [0, 0.1) is 12.8 Å². The van der Waals surface area contributed by atoms with Gasteiger partial charge in [0.05, 0.1) is 4.90 Å². The molecule has 1 aromatic heterocycles. The number of nitrogens with one attached hydrogen (secondary N) is 1. The monoisotopic (exact) mass is 302 g/mol. The van der Waals surface area contributed by atoms with Gasteiger partial charge in [-0.05, 0) is 38.8 Å².